The average Bonchev–Trinajstić information content (AvgIpc) is 3.36. The van der Waals surface area contributed by atoms with E-state index in [-0.39, 0.29) is 30.2 Å². The Hall–Kier alpha value is -1.31. The van der Waals surface area contributed by atoms with Crippen LogP contribution in [0.5, 0.6) is 0 Å². The number of aryl methyl sites for hydroxylation is 2. The Morgan fingerprint density at radius 3 is 2.09 bits per heavy atom. The third-order valence-electron chi connectivity index (χ3n) is 5.05. The molecule has 5 rings (SSSR count). The van der Waals surface area contributed by atoms with Crippen LogP contribution in [0.25, 0.3) is 22.3 Å². The predicted molar refractivity (Wildman–Crippen MR) is 128 cm³/mol. The third-order valence-corrected chi connectivity index (χ3v) is 5.05. The number of benzene rings is 3. The van der Waals surface area contributed by atoms with Gasteiger partial charge in [0.15, 0.2) is 0 Å². The van der Waals surface area contributed by atoms with Crippen LogP contribution in [0, 0.1) is 19.9 Å². The fraction of sp³-hybridized carbons (Fsp3) is 0.179. The van der Waals surface area contributed by atoms with Crippen LogP contribution in [0.4, 0.5) is 0 Å². The molecular formula is C28H28Cl2SiZr-2. The molecular weight excluding hydrogens is 527 g/mol. The van der Waals surface area contributed by atoms with Crippen molar-refractivity contribution in [2.75, 3.05) is 0 Å². The van der Waals surface area contributed by atoms with Gasteiger partial charge in [-0.2, -0.15) is 53.6 Å². The van der Waals surface area contributed by atoms with Gasteiger partial charge in [-0.15, -0.1) is 5.56 Å². The van der Waals surface area contributed by atoms with Crippen molar-refractivity contribution in [2.24, 2.45) is 0 Å². The molecule has 0 radical (unpaired) electrons. The first-order chi connectivity index (χ1) is 14.5. The van der Waals surface area contributed by atoms with Gasteiger partial charge < -0.3 is 24.8 Å². The summed E-state index contributed by atoms with van der Waals surface area (Å²) in [6.45, 7) is 8.94. The number of fused-ring (bicyclic) bond motifs is 3. The van der Waals surface area contributed by atoms with Gasteiger partial charge >= 0.3 is 41.9 Å². The summed E-state index contributed by atoms with van der Waals surface area (Å²) in [6, 6.07) is 33.0. The van der Waals surface area contributed by atoms with Gasteiger partial charge in [-0.05, 0) is 20.3 Å². The van der Waals surface area contributed by atoms with E-state index in [0.29, 0.717) is 0 Å². The van der Waals surface area contributed by atoms with Crippen molar-refractivity contribution >= 4 is 5.43 Å². The van der Waals surface area contributed by atoms with Gasteiger partial charge in [0, 0.05) is 0 Å². The molecule has 4 aromatic rings. The van der Waals surface area contributed by atoms with Crippen LogP contribution in [-0.2, 0) is 29.8 Å². The van der Waals surface area contributed by atoms with Crippen LogP contribution in [0.1, 0.15) is 22.3 Å². The summed E-state index contributed by atoms with van der Waals surface area (Å²) >= 11 is 1.74. The molecule has 0 nitrogen and oxygen atoms in total. The molecule has 0 aliphatic heterocycles. The number of rotatable bonds is 1. The van der Waals surface area contributed by atoms with E-state index in [1.807, 2.05) is 6.07 Å². The molecule has 0 atom stereocenters. The van der Waals surface area contributed by atoms with Crippen molar-refractivity contribution < 1.29 is 48.1 Å². The zero-order valence-electron chi connectivity index (χ0n) is 19.0. The molecule has 0 bridgehead atoms. The first kappa shape index (κ1) is 28.7. The van der Waals surface area contributed by atoms with Crippen molar-refractivity contribution in [2.45, 2.75) is 33.4 Å². The maximum absolute atomic E-state index is 3.30. The van der Waals surface area contributed by atoms with Crippen LogP contribution in [0.15, 0.2) is 84.9 Å². The Kier molecular flexibility index (Phi) is 12.6. The fourth-order valence-electron chi connectivity index (χ4n) is 3.81. The Bertz CT molecular complexity index is 1070. The van der Waals surface area contributed by atoms with Crippen molar-refractivity contribution in [3.8, 4) is 22.3 Å². The van der Waals surface area contributed by atoms with Crippen LogP contribution in [0.3, 0.4) is 0 Å². The number of hydrogen-bond acceptors (Lipinski definition) is 0. The molecule has 32 heavy (non-hydrogen) atoms. The third kappa shape index (κ3) is 7.63. The van der Waals surface area contributed by atoms with Gasteiger partial charge in [0.2, 0.25) is 0 Å². The minimum atomic E-state index is 0. The number of halogens is 2. The van der Waals surface area contributed by atoms with Gasteiger partial charge in [0.1, 0.15) is 0 Å². The molecule has 0 aromatic heterocycles. The Balaban J connectivity index is 0.000000261. The summed E-state index contributed by atoms with van der Waals surface area (Å²) in [7, 11) is 0. The summed E-state index contributed by atoms with van der Waals surface area (Å²) in [6.07, 6.45) is 1.05. The van der Waals surface area contributed by atoms with Crippen molar-refractivity contribution in [1.82, 2.24) is 0 Å². The second-order valence-corrected chi connectivity index (χ2v) is 17.2. The van der Waals surface area contributed by atoms with E-state index in [1.54, 1.807) is 23.3 Å². The smallest absolute Gasteiger partial charge is 0.0253 e. The first-order valence-corrected chi connectivity index (χ1v) is 16.5. The standard InChI is InChI=1S/C13H9.C13H13.C2H6Si.2ClH.Zr/c1-3-7-12-10(5-1)9-11-6-2-4-8-13(11)12;1-10-6-5-7-11(2)13(10)12-8-3-4-9-12;1-3-2;;;/h1-5,7-8H,9H2;3-9H,1-2H3;1-2H3;2*1H;/q2*-1;;;;+2/p-2. The number of hydrogen-bond donors (Lipinski definition) is 0. The van der Waals surface area contributed by atoms with E-state index in [0.717, 1.165) is 6.42 Å². The summed E-state index contributed by atoms with van der Waals surface area (Å²) < 4.78 is 0. The predicted octanol–water partition coefficient (Wildman–Crippen LogP) is 1.54. The second kappa shape index (κ2) is 14.1. The van der Waals surface area contributed by atoms with E-state index >= 15 is 0 Å². The van der Waals surface area contributed by atoms with Crippen LogP contribution >= 0.6 is 0 Å². The second-order valence-electron chi connectivity index (χ2n) is 7.84. The SMILES string of the molecule is C[Si](C)=[Zr+2].Cc1cccc(C)c1-c1cc[cH-]c1.[Cl-].[Cl-].[c-]1cccc2c1Cc1ccccc1-2. The van der Waals surface area contributed by atoms with Crippen LogP contribution < -0.4 is 24.8 Å². The molecule has 4 aromatic carbocycles. The minimum Gasteiger partial charge on any atom is -1.00 e. The molecule has 0 heterocycles. The largest absolute Gasteiger partial charge is 1.00 e. The molecule has 0 amide bonds. The van der Waals surface area contributed by atoms with Crippen LogP contribution in [0.2, 0.25) is 13.1 Å². The van der Waals surface area contributed by atoms with Crippen molar-refractivity contribution in [1.29, 1.82) is 0 Å². The maximum Gasteiger partial charge on any atom is -0.0253 e. The summed E-state index contributed by atoms with van der Waals surface area (Å²) in [5, 5.41) is 0. The normalized spacial score (nSPS) is 10.1. The van der Waals surface area contributed by atoms with Gasteiger partial charge in [0.25, 0.3) is 0 Å². The molecule has 0 fully saturated rings. The summed E-state index contributed by atoms with van der Waals surface area (Å²) in [4.78, 5) is 0. The quantitative estimate of drug-likeness (QED) is 0.218. The molecule has 0 spiro atoms. The van der Waals surface area contributed by atoms with E-state index in [4.69, 9.17) is 0 Å². The van der Waals surface area contributed by atoms with E-state index in [1.165, 1.54) is 44.5 Å². The molecule has 1 aliphatic rings. The zero-order chi connectivity index (χ0) is 21.5. The maximum atomic E-state index is 3.30. The van der Waals surface area contributed by atoms with Crippen molar-refractivity contribution in [3.05, 3.63) is 113 Å². The first-order valence-electron chi connectivity index (χ1n) is 10.3. The van der Waals surface area contributed by atoms with Crippen LogP contribution in [-0.4, -0.2) is 5.43 Å². The molecule has 0 saturated heterocycles. The molecule has 0 saturated carbocycles. The molecule has 0 N–H and O–H groups in total. The Labute approximate surface area is 221 Å². The van der Waals surface area contributed by atoms with E-state index in [2.05, 4.69) is 112 Å². The molecule has 164 valence electrons. The minimum absolute atomic E-state index is 0. The summed E-state index contributed by atoms with van der Waals surface area (Å²) in [5.41, 5.74) is 11.1. The summed E-state index contributed by atoms with van der Waals surface area (Å²) in [5.74, 6) is 0. The van der Waals surface area contributed by atoms with Crippen molar-refractivity contribution in [3.63, 3.8) is 0 Å². The fourth-order valence-corrected chi connectivity index (χ4v) is 3.81. The average molecular weight is 555 g/mol. The van der Waals surface area contributed by atoms with E-state index < -0.39 is 0 Å². The van der Waals surface area contributed by atoms with Gasteiger partial charge in [-0.3, -0.25) is 0 Å². The van der Waals surface area contributed by atoms with Gasteiger partial charge in [-0.1, -0.05) is 70.3 Å². The monoisotopic (exact) mass is 552 g/mol. The Morgan fingerprint density at radius 1 is 0.844 bits per heavy atom. The molecule has 1 aliphatic carbocycles. The van der Waals surface area contributed by atoms with Gasteiger partial charge in [0.05, 0.1) is 0 Å². The molecule has 4 heteroatoms. The zero-order valence-corrected chi connectivity index (χ0v) is 24.0. The van der Waals surface area contributed by atoms with E-state index in [9.17, 15) is 0 Å². The van der Waals surface area contributed by atoms with Gasteiger partial charge in [-0.25, -0.2) is 6.07 Å². The molecule has 0 unspecified atom stereocenters. The topological polar surface area (TPSA) is 0 Å². The Morgan fingerprint density at radius 2 is 1.47 bits per heavy atom.